The highest BCUT2D eigenvalue weighted by Crippen LogP contribution is 2.38. The van der Waals surface area contributed by atoms with Crippen molar-refractivity contribution in [2.75, 3.05) is 18.4 Å². The summed E-state index contributed by atoms with van der Waals surface area (Å²) in [4.78, 5) is 7.42. The average molecular weight is 666 g/mol. The Hall–Kier alpha value is -3.92. The molecule has 44 heavy (non-hydrogen) atoms. The van der Waals surface area contributed by atoms with Gasteiger partial charge in [0, 0.05) is 31.8 Å². The summed E-state index contributed by atoms with van der Waals surface area (Å²) >= 11 is 5.91. The van der Waals surface area contributed by atoms with Crippen LogP contribution in [0.2, 0.25) is 30.7 Å². The molecule has 0 unspecified atom stereocenters. The van der Waals surface area contributed by atoms with Crippen LogP contribution in [0.3, 0.4) is 0 Å². The van der Waals surface area contributed by atoms with Gasteiger partial charge in [0.1, 0.15) is 24.3 Å². The van der Waals surface area contributed by atoms with E-state index in [0.717, 1.165) is 24.2 Å². The molecule has 0 amide bonds. The number of halogens is 4. The molecule has 3 heterocycles. The molecule has 232 valence electrons. The van der Waals surface area contributed by atoms with Crippen LogP contribution in [-0.4, -0.2) is 50.0 Å². The molecule has 0 radical (unpaired) electrons. The molecule has 0 aliphatic heterocycles. The van der Waals surface area contributed by atoms with Crippen LogP contribution >= 0.6 is 11.6 Å². The second-order valence-corrected chi connectivity index (χ2v) is 18.6. The van der Waals surface area contributed by atoms with E-state index in [-0.39, 0.29) is 40.1 Å². The number of hydrogen-bond donors (Lipinski definition) is 1. The van der Waals surface area contributed by atoms with Crippen molar-refractivity contribution in [3.05, 3.63) is 71.5 Å². The highest BCUT2D eigenvalue weighted by molar-refractivity contribution is 7.92. The lowest BCUT2D eigenvalue weighted by Crippen LogP contribution is -2.22. The third kappa shape index (κ3) is 6.31. The van der Waals surface area contributed by atoms with E-state index in [4.69, 9.17) is 25.5 Å². The monoisotopic (exact) mass is 665 g/mol. The van der Waals surface area contributed by atoms with Crippen LogP contribution in [0.5, 0.6) is 5.88 Å². The zero-order valence-corrected chi connectivity index (χ0v) is 26.6. The maximum absolute atomic E-state index is 16.3. The van der Waals surface area contributed by atoms with Crippen molar-refractivity contribution in [2.24, 2.45) is 0 Å². The second-order valence-electron chi connectivity index (χ2n) is 10.9. The van der Waals surface area contributed by atoms with Crippen LogP contribution in [0.25, 0.3) is 33.6 Å². The number of fused-ring (bicyclic) bond motifs is 1. The number of ether oxygens (including phenoxy) is 2. The number of rotatable bonds is 11. The number of oxazole rings is 1. The normalized spacial score (nSPS) is 12.2. The van der Waals surface area contributed by atoms with Crippen LogP contribution in [0, 0.1) is 17.5 Å². The Bertz CT molecular complexity index is 1950. The van der Waals surface area contributed by atoms with Crippen molar-refractivity contribution < 1.29 is 35.5 Å². The van der Waals surface area contributed by atoms with E-state index < -0.39 is 57.3 Å². The van der Waals surface area contributed by atoms with Gasteiger partial charge in [-0.05, 0) is 30.3 Å². The maximum Gasteiger partial charge on any atom is 0.267 e. The molecular formula is C28H27ClF3N5O5SSi. The third-order valence-corrected chi connectivity index (χ3v) is 9.84. The molecule has 1 N–H and O–H groups in total. The fraction of sp³-hybridized carbons (Fsp3) is 0.250. The first-order valence-electron chi connectivity index (χ1n) is 13.2. The molecule has 16 heteroatoms. The lowest BCUT2D eigenvalue weighted by atomic mass is 10.0. The molecule has 5 aromatic rings. The summed E-state index contributed by atoms with van der Waals surface area (Å²) in [5.74, 6) is -3.69. The fourth-order valence-corrected chi connectivity index (χ4v) is 6.56. The maximum atomic E-state index is 16.3. The van der Waals surface area contributed by atoms with Gasteiger partial charge in [-0.1, -0.05) is 37.3 Å². The predicted molar refractivity (Wildman–Crippen MR) is 161 cm³/mol. The minimum absolute atomic E-state index is 0.0213. The molecule has 0 saturated carbocycles. The molecule has 0 fully saturated rings. The summed E-state index contributed by atoms with van der Waals surface area (Å²) < 4.78 is 93.2. The van der Waals surface area contributed by atoms with E-state index in [1.807, 2.05) is 0 Å². The van der Waals surface area contributed by atoms with E-state index >= 15 is 13.2 Å². The van der Waals surface area contributed by atoms with Crippen molar-refractivity contribution in [3.63, 3.8) is 0 Å². The van der Waals surface area contributed by atoms with Crippen molar-refractivity contribution >= 4 is 46.3 Å². The van der Waals surface area contributed by atoms with E-state index in [0.29, 0.717) is 6.61 Å². The molecule has 2 aromatic carbocycles. The van der Waals surface area contributed by atoms with Crippen molar-refractivity contribution in [1.82, 2.24) is 19.7 Å². The number of pyridine rings is 1. The summed E-state index contributed by atoms with van der Waals surface area (Å²) in [5.41, 5.74) is -1.82. The summed E-state index contributed by atoms with van der Waals surface area (Å²) in [5, 5.41) is 4.67. The molecular weight excluding hydrogens is 639 g/mol. The van der Waals surface area contributed by atoms with E-state index in [2.05, 4.69) is 39.4 Å². The standard InChI is InChI=1S/C28H27ClF3N5O5SSi/c1-40-27-21(13-16(29)14-34-27)43(38,39)36-20-8-7-19(30)22(24(20)32)17-5-6-18-25(28-33-9-10-42-28)35-37(26(18)23(17)31)15-41-11-12-44(2,3)4/h5-10,13-14,36H,11-12,15H2,1-4H3. The van der Waals surface area contributed by atoms with Gasteiger partial charge in [-0.3, -0.25) is 4.72 Å². The minimum atomic E-state index is -4.53. The quantitative estimate of drug-likeness (QED) is 0.119. The van der Waals surface area contributed by atoms with Gasteiger partial charge in [-0.2, -0.15) is 5.10 Å². The first kappa shape index (κ1) is 31.5. The van der Waals surface area contributed by atoms with Crippen molar-refractivity contribution in [1.29, 1.82) is 0 Å². The smallest absolute Gasteiger partial charge is 0.267 e. The topological polar surface area (TPSA) is 121 Å². The average Bonchev–Trinajstić information content (AvgIpc) is 3.62. The summed E-state index contributed by atoms with van der Waals surface area (Å²) in [7, 11) is -4.76. The van der Waals surface area contributed by atoms with Crippen LogP contribution in [0.1, 0.15) is 0 Å². The van der Waals surface area contributed by atoms with Gasteiger partial charge in [0.25, 0.3) is 10.0 Å². The first-order chi connectivity index (χ1) is 20.8. The zero-order chi connectivity index (χ0) is 31.8. The van der Waals surface area contributed by atoms with Crippen LogP contribution in [0.4, 0.5) is 18.9 Å². The second kappa shape index (κ2) is 12.2. The van der Waals surface area contributed by atoms with Gasteiger partial charge in [-0.15, -0.1) is 0 Å². The fourth-order valence-electron chi connectivity index (χ4n) is 4.38. The molecule has 3 aromatic heterocycles. The molecule has 0 atom stereocenters. The number of hydrogen-bond acceptors (Lipinski definition) is 8. The molecule has 0 aliphatic rings. The van der Waals surface area contributed by atoms with Gasteiger partial charge in [0.15, 0.2) is 22.2 Å². The van der Waals surface area contributed by atoms with Crippen LogP contribution in [0.15, 0.2) is 58.3 Å². The Labute approximate surface area is 256 Å². The Morgan fingerprint density at radius 3 is 2.55 bits per heavy atom. The Morgan fingerprint density at radius 2 is 1.86 bits per heavy atom. The van der Waals surface area contributed by atoms with Gasteiger partial charge < -0.3 is 13.9 Å². The van der Waals surface area contributed by atoms with Gasteiger partial charge in [0.05, 0.1) is 29.6 Å². The third-order valence-electron chi connectivity index (χ3n) is 6.57. The van der Waals surface area contributed by atoms with E-state index in [9.17, 15) is 8.42 Å². The Kier molecular flexibility index (Phi) is 8.75. The number of anilines is 1. The molecule has 5 rings (SSSR count). The van der Waals surface area contributed by atoms with E-state index in [1.165, 1.54) is 42.6 Å². The SMILES string of the molecule is COc1ncc(Cl)cc1S(=O)(=O)Nc1ccc(F)c(-c2ccc3c(-c4ncco4)nn(COCC[Si](C)(C)C)c3c2F)c1F. The van der Waals surface area contributed by atoms with Gasteiger partial charge >= 0.3 is 0 Å². The van der Waals surface area contributed by atoms with Crippen LogP contribution < -0.4 is 9.46 Å². The van der Waals surface area contributed by atoms with Crippen molar-refractivity contribution in [2.45, 2.75) is 37.3 Å². The molecule has 0 bridgehead atoms. The summed E-state index contributed by atoms with van der Waals surface area (Å²) in [6.45, 7) is 6.82. The number of nitrogens with zero attached hydrogens (tertiary/aromatic N) is 4. The number of benzene rings is 2. The summed E-state index contributed by atoms with van der Waals surface area (Å²) in [6, 6.07) is 6.21. The first-order valence-corrected chi connectivity index (χ1v) is 18.7. The van der Waals surface area contributed by atoms with Crippen LogP contribution in [-0.2, 0) is 21.5 Å². The van der Waals surface area contributed by atoms with Gasteiger partial charge in [0.2, 0.25) is 11.8 Å². The molecule has 10 nitrogen and oxygen atoms in total. The summed E-state index contributed by atoms with van der Waals surface area (Å²) in [6.07, 6.45) is 3.91. The number of methoxy groups -OCH3 is 1. The Morgan fingerprint density at radius 1 is 1.09 bits per heavy atom. The lowest BCUT2D eigenvalue weighted by Gasteiger charge is -2.16. The van der Waals surface area contributed by atoms with Crippen molar-refractivity contribution in [3.8, 4) is 28.6 Å². The van der Waals surface area contributed by atoms with Gasteiger partial charge in [-0.25, -0.2) is 36.2 Å². The minimum Gasteiger partial charge on any atom is -0.480 e. The highest BCUT2D eigenvalue weighted by atomic mass is 35.5. The largest absolute Gasteiger partial charge is 0.480 e. The Balaban J connectivity index is 1.59. The number of aromatic nitrogens is 4. The zero-order valence-electron chi connectivity index (χ0n) is 24.0. The number of nitrogens with one attached hydrogen (secondary N) is 1. The highest BCUT2D eigenvalue weighted by Gasteiger charge is 2.28. The predicted octanol–water partition coefficient (Wildman–Crippen LogP) is 6.95. The number of sulfonamides is 1. The van der Waals surface area contributed by atoms with E-state index in [1.54, 1.807) is 0 Å². The molecule has 0 saturated heterocycles. The molecule has 0 spiro atoms. The molecule has 0 aliphatic carbocycles. The lowest BCUT2D eigenvalue weighted by molar-refractivity contribution is 0.0814.